The number of rotatable bonds is 3. The van der Waals surface area contributed by atoms with Crippen molar-refractivity contribution in [2.45, 2.75) is 32.7 Å². The second kappa shape index (κ2) is 5.86. The van der Waals surface area contributed by atoms with Gasteiger partial charge in [0.05, 0.1) is 10.7 Å². The molecule has 0 spiro atoms. The molecule has 0 atom stereocenters. The van der Waals surface area contributed by atoms with Crippen molar-refractivity contribution in [3.8, 4) is 0 Å². The molecule has 0 aliphatic rings. The van der Waals surface area contributed by atoms with E-state index >= 15 is 0 Å². The molecule has 0 aliphatic carbocycles. The van der Waals surface area contributed by atoms with Crippen molar-refractivity contribution in [2.24, 2.45) is 0 Å². The van der Waals surface area contributed by atoms with E-state index in [1.54, 1.807) is 0 Å². The molecule has 0 saturated heterocycles. The van der Waals surface area contributed by atoms with E-state index in [4.69, 9.17) is 11.6 Å². The second-order valence-electron chi connectivity index (χ2n) is 5.49. The maximum atomic E-state index is 6.18. The fourth-order valence-electron chi connectivity index (χ4n) is 1.69. The minimum atomic E-state index is 0.220. The van der Waals surface area contributed by atoms with Gasteiger partial charge in [0.25, 0.3) is 0 Å². The lowest BCUT2D eigenvalue weighted by atomic mass is 9.95. The van der Waals surface area contributed by atoms with E-state index in [9.17, 15) is 0 Å². The topological polar surface area (TPSA) is 12.0 Å². The van der Waals surface area contributed by atoms with Gasteiger partial charge in [-0.2, -0.15) is 0 Å². The zero-order chi connectivity index (χ0) is 14.0. The molecule has 0 aliphatic heterocycles. The standard InChI is InChI=1S/C15H17BrClNS/c1-15(2,3)14-7-5-11(19-14)9-18-13-6-4-10(16)8-12(13)17/h4-8,18H,9H2,1-3H3. The highest BCUT2D eigenvalue weighted by molar-refractivity contribution is 9.10. The normalized spacial score (nSPS) is 11.6. The second-order valence-corrected chi connectivity index (χ2v) is 7.98. The third-order valence-corrected chi connectivity index (χ3v) is 5.10. The van der Waals surface area contributed by atoms with Crippen LogP contribution in [0.25, 0.3) is 0 Å². The van der Waals surface area contributed by atoms with Crippen LogP contribution in [0.3, 0.4) is 0 Å². The number of halogens is 2. The van der Waals surface area contributed by atoms with Gasteiger partial charge < -0.3 is 5.32 Å². The largest absolute Gasteiger partial charge is 0.379 e. The van der Waals surface area contributed by atoms with E-state index in [1.165, 1.54) is 9.75 Å². The summed E-state index contributed by atoms with van der Waals surface area (Å²) in [5.74, 6) is 0. The molecule has 1 aromatic heterocycles. The molecule has 1 nitrogen and oxygen atoms in total. The fraction of sp³-hybridized carbons (Fsp3) is 0.333. The number of anilines is 1. The van der Waals surface area contributed by atoms with Gasteiger partial charge in [-0.25, -0.2) is 0 Å². The van der Waals surface area contributed by atoms with E-state index in [1.807, 2.05) is 29.5 Å². The van der Waals surface area contributed by atoms with Crippen molar-refractivity contribution >= 4 is 44.6 Å². The summed E-state index contributed by atoms with van der Waals surface area (Å²) >= 11 is 11.4. The number of hydrogen-bond donors (Lipinski definition) is 1. The first-order valence-electron chi connectivity index (χ1n) is 6.14. The average Bonchev–Trinajstić information content (AvgIpc) is 2.76. The molecule has 0 saturated carbocycles. The van der Waals surface area contributed by atoms with Gasteiger partial charge >= 0.3 is 0 Å². The Balaban J connectivity index is 2.04. The summed E-state index contributed by atoms with van der Waals surface area (Å²) in [5, 5.41) is 4.12. The molecular formula is C15H17BrClNS. The molecule has 0 fully saturated rings. The van der Waals surface area contributed by atoms with Crippen LogP contribution in [0, 0.1) is 0 Å². The van der Waals surface area contributed by atoms with E-state index in [0.29, 0.717) is 0 Å². The lowest BCUT2D eigenvalue weighted by Gasteiger charge is -2.15. The molecule has 1 N–H and O–H groups in total. The summed E-state index contributed by atoms with van der Waals surface area (Å²) in [4.78, 5) is 2.73. The Morgan fingerprint density at radius 2 is 1.95 bits per heavy atom. The number of thiophene rings is 1. The van der Waals surface area contributed by atoms with E-state index in [2.05, 4.69) is 54.2 Å². The van der Waals surface area contributed by atoms with Gasteiger partial charge in [0.2, 0.25) is 0 Å². The molecule has 2 aromatic rings. The first-order chi connectivity index (χ1) is 8.86. The maximum absolute atomic E-state index is 6.18. The lowest BCUT2D eigenvalue weighted by molar-refractivity contribution is 0.604. The molecule has 1 heterocycles. The van der Waals surface area contributed by atoms with Gasteiger partial charge in [-0.3, -0.25) is 0 Å². The highest BCUT2D eigenvalue weighted by atomic mass is 79.9. The third-order valence-electron chi connectivity index (χ3n) is 2.79. The van der Waals surface area contributed by atoms with E-state index in [-0.39, 0.29) is 5.41 Å². The Morgan fingerprint density at radius 1 is 1.21 bits per heavy atom. The smallest absolute Gasteiger partial charge is 0.0648 e. The minimum Gasteiger partial charge on any atom is -0.379 e. The molecule has 102 valence electrons. The van der Waals surface area contributed by atoms with Crippen LogP contribution in [0.4, 0.5) is 5.69 Å². The molecule has 0 amide bonds. The third kappa shape index (κ3) is 3.98. The van der Waals surface area contributed by atoms with Crippen LogP contribution in [0.5, 0.6) is 0 Å². The van der Waals surface area contributed by atoms with Gasteiger partial charge in [-0.1, -0.05) is 48.3 Å². The molecule has 19 heavy (non-hydrogen) atoms. The summed E-state index contributed by atoms with van der Waals surface area (Å²) in [6, 6.07) is 10.3. The molecule has 0 radical (unpaired) electrons. The molecule has 2 rings (SSSR count). The zero-order valence-electron chi connectivity index (χ0n) is 11.3. The van der Waals surface area contributed by atoms with Crippen LogP contribution >= 0.6 is 38.9 Å². The van der Waals surface area contributed by atoms with Gasteiger partial charge in [0.1, 0.15) is 0 Å². The monoisotopic (exact) mass is 357 g/mol. The SMILES string of the molecule is CC(C)(C)c1ccc(CNc2ccc(Br)cc2Cl)s1. The predicted octanol–water partition coefficient (Wildman–Crippen LogP) is 6.07. The van der Waals surface area contributed by atoms with Crippen LogP contribution in [-0.4, -0.2) is 0 Å². The maximum Gasteiger partial charge on any atom is 0.0648 e. The van der Waals surface area contributed by atoms with Crippen LogP contribution in [0.1, 0.15) is 30.5 Å². The van der Waals surface area contributed by atoms with Crippen molar-refractivity contribution in [1.82, 2.24) is 0 Å². The van der Waals surface area contributed by atoms with Crippen molar-refractivity contribution in [3.05, 3.63) is 49.6 Å². The van der Waals surface area contributed by atoms with Gasteiger partial charge in [0, 0.05) is 20.8 Å². The molecule has 0 unspecified atom stereocenters. The van der Waals surface area contributed by atoms with Gasteiger partial charge in [-0.15, -0.1) is 11.3 Å². The summed E-state index contributed by atoms with van der Waals surface area (Å²) < 4.78 is 0.995. The Bertz CT molecular complexity index is 572. The number of nitrogens with one attached hydrogen (secondary N) is 1. The van der Waals surface area contributed by atoms with Gasteiger partial charge in [-0.05, 0) is 35.7 Å². The number of hydrogen-bond acceptors (Lipinski definition) is 2. The minimum absolute atomic E-state index is 0.220. The zero-order valence-corrected chi connectivity index (χ0v) is 14.4. The first kappa shape index (κ1) is 14.9. The van der Waals surface area contributed by atoms with Crippen LogP contribution in [0.2, 0.25) is 5.02 Å². The van der Waals surface area contributed by atoms with Crippen LogP contribution in [-0.2, 0) is 12.0 Å². The summed E-state index contributed by atoms with van der Waals surface area (Å²) in [5.41, 5.74) is 1.19. The predicted molar refractivity (Wildman–Crippen MR) is 89.5 cm³/mol. The van der Waals surface area contributed by atoms with Gasteiger partial charge in [0.15, 0.2) is 0 Å². The molecule has 4 heteroatoms. The fourth-order valence-corrected chi connectivity index (χ4v) is 3.44. The first-order valence-corrected chi connectivity index (χ1v) is 8.13. The van der Waals surface area contributed by atoms with Crippen LogP contribution in [0.15, 0.2) is 34.8 Å². The van der Waals surface area contributed by atoms with Crippen LogP contribution < -0.4 is 5.32 Å². The van der Waals surface area contributed by atoms with Crippen molar-refractivity contribution < 1.29 is 0 Å². The average molecular weight is 359 g/mol. The lowest BCUT2D eigenvalue weighted by Crippen LogP contribution is -2.07. The molecule has 0 bridgehead atoms. The summed E-state index contributed by atoms with van der Waals surface area (Å²) in [6.07, 6.45) is 0. The Hall–Kier alpha value is -0.510. The molecular weight excluding hydrogens is 342 g/mol. The van der Waals surface area contributed by atoms with Crippen molar-refractivity contribution in [3.63, 3.8) is 0 Å². The van der Waals surface area contributed by atoms with E-state index < -0.39 is 0 Å². The highest BCUT2D eigenvalue weighted by Crippen LogP contribution is 2.31. The Kier molecular flexibility index (Phi) is 4.59. The highest BCUT2D eigenvalue weighted by Gasteiger charge is 2.15. The quantitative estimate of drug-likeness (QED) is 0.701. The summed E-state index contributed by atoms with van der Waals surface area (Å²) in [6.45, 7) is 7.52. The summed E-state index contributed by atoms with van der Waals surface area (Å²) in [7, 11) is 0. The van der Waals surface area contributed by atoms with Crippen molar-refractivity contribution in [1.29, 1.82) is 0 Å². The molecule has 1 aromatic carbocycles. The Morgan fingerprint density at radius 3 is 2.53 bits per heavy atom. The van der Waals surface area contributed by atoms with Crippen molar-refractivity contribution in [2.75, 3.05) is 5.32 Å². The van der Waals surface area contributed by atoms with E-state index in [0.717, 1.165) is 21.7 Å². The number of benzene rings is 1. The Labute approximate surface area is 132 Å².